The number of hydrogen-bond donors (Lipinski definition) is 2. The fraction of sp³-hybridized carbons (Fsp3) is 0.529. The molecule has 0 radical (unpaired) electrons. The third-order valence-electron chi connectivity index (χ3n) is 4.28. The lowest BCUT2D eigenvalue weighted by Crippen LogP contribution is -2.26. The zero-order chi connectivity index (χ0) is 18.0. The van der Waals surface area contributed by atoms with E-state index in [2.05, 4.69) is 15.6 Å². The van der Waals surface area contributed by atoms with E-state index < -0.39 is 0 Å². The van der Waals surface area contributed by atoms with Crippen molar-refractivity contribution in [1.82, 2.24) is 19.4 Å². The SMILES string of the molecule is CCn1c(=O)n(CC)c2nc(NC(=O)CCC(=O)NC3CC3)ccc21. The molecule has 2 aromatic heterocycles. The Balaban J connectivity index is 1.69. The summed E-state index contributed by atoms with van der Waals surface area (Å²) in [6, 6.07) is 3.76. The minimum Gasteiger partial charge on any atom is -0.353 e. The fourth-order valence-corrected chi connectivity index (χ4v) is 2.81. The van der Waals surface area contributed by atoms with Gasteiger partial charge in [0.15, 0.2) is 5.65 Å². The Morgan fingerprint density at radius 1 is 1.12 bits per heavy atom. The van der Waals surface area contributed by atoms with Crippen LogP contribution in [0.2, 0.25) is 0 Å². The summed E-state index contributed by atoms with van der Waals surface area (Å²) in [7, 11) is 0. The normalized spacial score (nSPS) is 13.8. The van der Waals surface area contributed by atoms with Crippen LogP contribution in [-0.4, -0.2) is 32.0 Å². The fourth-order valence-electron chi connectivity index (χ4n) is 2.81. The summed E-state index contributed by atoms with van der Waals surface area (Å²) in [6.45, 7) is 4.86. The van der Waals surface area contributed by atoms with Crippen LogP contribution in [0.25, 0.3) is 11.2 Å². The van der Waals surface area contributed by atoms with Crippen molar-refractivity contribution >= 4 is 28.8 Å². The van der Waals surface area contributed by atoms with Gasteiger partial charge in [-0.25, -0.2) is 9.78 Å². The van der Waals surface area contributed by atoms with Crippen LogP contribution >= 0.6 is 0 Å². The smallest absolute Gasteiger partial charge is 0.330 e. The van der Waals surface area contributed by atoms with Crippen molar-refractivity contribution in [2.45, 2.75) is 58.7 Å². The number of nitrogens with zero attached hydrogens (tertiary/aromatic N) is 3. The number of carbonyl (C=O) groups is 2. The molecule has 0 unspecified atom stereocenters. The van der Waals surface area contributed by atoms with E-state index in [0.717, 1.165) is 18.4 Å². The number of carbonyl (C=O) groups excluding carboxylic acids is 2. The largest absolute Gasteiger partial charge is 0.353 e. The number of pyridine rings is 1. The maximum atomic E-state index is 12.3. The quantitative estimate of drug-likeness (QED) is 0.789. The molecule has 1 aliphatic carbocycles. The summed E-state index contributed by atoms with van der Waals surface area (Å²) in [4.78, 5) is 40.4. The summed E-state index contributed by atoms with van der Waals surface area (Å²) in [6.07, 6.45) is 2.32. The van der Waals surface area contributed by atoms with E-state index in [1.54, 1.807) is 21.3 Å². The lowest BCUT2D eigenvalue weighted by molar-refractivity contribution is -0.124. The summed E-state index contributed by atoms with van der Waals surface area (Å²) in [5.74, 6) is 0.0228. The number of hydrogen-bond acceptors (Lipinski definition) is 4. The van der Waals surface area contributed by atoms with Crippen molar-refractivity contribution in [3.8, 4) is 0 Å². The van der Waals surface area contributed by atoms with E-state index in [-0.39, 0.29) is 30.3 Å². The molecule has 0 saturated heterocycles. The van der Waals surface area contributed by atoms with Crippen molar-refractivity contribution in [2.75, 3.05) is 5.32 Å². The summed E-state index contributed by atoms with van der Waals surface area (Å²) in [5, 5.41) is 5.55. The number of aromatic nitrogens is 3. The van der Waals surface area contributed by atoms with Crippen molar-refractivity contribution in [3.63, 3.8) is 0 Å². The highest BCUT2D eigenvalue weighted by atomic mass is 16.2. The van der Waals surface area contributed by atoms with Crippen LogP contribution in [0, 0.1) is 0 Å². The van der Waals surface area contributed by atoms with Gasteiger partial charge in [0, 0.05) is 32.0 Å². The van der Waals surface area contributed by atoms with Gasteiger partial charge in [-0.3, -0.25) is 18.7 Å². The first-order valence-corrected chi connectivity index (χ1v) is 8.72. The number of amides is 2. The van der Waals surface area contributed by atoms with Crippen LogP contribution in [0.1, 0.15) is 39.5 Å². The number of aryl methyl sites for hydroxylation is 2. The zero-order valence-electron chi connectivity index (χ0n) is 14.5. The molecule has 3 rings (SSSR count). The molecule has 2 amide bonds. The molecule has 1 saturated carbocycles. The maximum Gasteiger partial charge on any atom is 0.330 e. The molecule has 0 spiro atoms. The number of fused-ring (bicyclic) bond motifs is 1. The topological polar surface area (TPSA) is 98.0 Å². The van der Waals surface area contributed by atoms with Crippen LogP contribution in [0.4, 0.5) is 5.82 Å². The van der Waals surface area contributed by atoms with E-state index in [4.69, 9.17) is 0 Å². The number of imidazole rings is 1. The molecule has 0 atom stereocenters. The van der Waals surface area contributed by atoms with Gasteiger partial charge >= 0.3 is 5.69 Å². The van der Waals surface area contributed by atoms with Crippen LogP contribution < -0.4 is 16.3 Å². The van der Waals surface area contributed by atoms with Crippen molar-refractivity contribution < 1.29 is 9.59 Å². The van der Waals surface area contributed by atoms with Crippen LogP contribution in [0.15, 0.2) is 16.9 Å². The predicted octanol–water partition coefficient (Wildman–Crippen LogP) is 1.24. The third kappa shape index (κ3) is 3.72. The molecule has 0 bridgehead atoms. The molecule has 1 fully saturated rings. The highest BCUT2D eigenvalue weighted by molar-refractivity contribution is 5.93. The van der Waals surface area contributed by atoms with Crippen molar-refractivity contribution in [2.24, 2.45) is 0 Å². The van der Waals surface area contributed by atoms with Crippen LogP contribution in [-0.2, 0) is 22.7 Å². The van der Waals surface area contributed by atoms with E-state index in [9.17, 15) is 14.4 Å². The Hall–Kier alpha value is -2.64. The molecule has 0 aromatic carbocycles. The van der Waals surface area contributed by atoms with E-state index in [1.807, 2.05) is 13.8 Å². The standard InChI is InChI=1S/C17H23N5O3/c1-3-21-12-7-8-13(20-16(12)22(4-2)17(21)25)19-15(24)10-9-14(23)18-11-5-6-11/h7-8,11H,3-6,9-10H2,1-2H3,(H,18,23)(H,19,20,24). The Morgan fingerprint density at radius 2 is 1.80 bits per heavy atom. The Bertz CT molecular complexity index is 863. The average Bonchev–Trinajstić information content (AvgIpc) is 3.35. The molecular formula is C17H23N5O3. The molecule has 2 aromatic rings. The molecule has 134 valence electrons. The van der Waals surface area contributed by atoms with Crippen LogP contribution in [0.3, 0.4) is 0 Å². The first-order valence-electron chi connectivity index (χ1n) is 8.72. The molecule has 0 aliphatic heterocycles. The predicted molar refractivity (Wildman–Crippen MR) is 94.4 cm³/mol. The Labute approximate surface area is 145 Å². The van der Waals surface area contributed by atoms with Gasteiger partial charge in [-0.05, 0) is 38.8 Å². The highest BCUT2D eigenvalue weighted by Crippen LogP contribution is 2.19. The first kappa shape index (κ1) is 17.2. The monoisotopic (exact) mass is 345 g/mol. The Kier molecular flexibility index (Phi) is 4.87. The minimum absolute atomic E-state index is 0.0964. The summed E-state index contributed by atoms with van der Waals surface area (Å²) in [5.41, 5.74) is 1.20. The number of nitrogens with one attached hydrogen (secondary N) is 2. The molecule has 1 aliphatic rings. The first-order chi connectivity index (χ1) is 12.0. The van der Waals surface area contributed by atoms with Crippen molar-refractivity contribution in [3.05, 3.63) is 22.6 Å². The van der Waals surface area contributed by atoms with Gasteiger partial charge in [0.25, 0.3) is 0 Å². The molecule has 2 N–H and O–H groups in total. The van der Waals surface area contributed by atoms with E-state index >= 15 is 0 Å². The van der Waals surface area contributed by atoms with Crippen LogP contribution in [0.5, 0.6) is 0 Å². The second kappa shape index (κ2) is 7.08. The number of rotatable bonds is 7. The second-order valence-corrected chi connectivity index (χ2v) is 6.20. The van der Waals surface area contributed by atoms with Gasteiger partial charge in [0.2, 0.25) is 11.8 Å². The van der Waals surface area contributed by atoms with Crippen molar-refractivity contribution in [1.29, 1.82) is 0 Å². The van der Waals surface area contributed by atoms with Gasteiger partial charge < -0.3 is 10.6 Å². The van der Waals surface area contributed by atoms with Gasteiger partial charge in [-0.15, -0.1) is 0 Å². The van der Waals surface area contributed by atoms with Gasteiger partial charge in [-0.2, -0.15) is 0 Å². The van der Waals surface area contributed by atoms with E-state index in [1.165, 1.54) is 0 Å². The second-order valence-electron chi connectivity index (χ2n) is 6.20. The molecular weight excluding hydrogens is 322 g/mol. The molecule has 25 heavy (non-hydrogen) atoms. The molecule has 8 nitrogen and oxygen atoms in total. The minimum atomic E-state index is -0.266. The summed E-state index contributed by atoms with van der Waals surface area (Å²) < 4.78 is 3.23. The third-order valence-corrected chi connectivity index (χ3v) is 4.28. The lowest BCUT2D eigenvalue weighted by Gasteiger charge is -2.06. The van der Waals surface area contributed by atoms with Gasteiger partial charge in [-0.1, -0.05) is 0 Å². The summed E-state index contributed by atoms with van der Waals surface area (Å²) >= 11 is 0. The Morgan fingerprint density at radius 3 is 2.44 bits per heavy atom. The average molecular weight is 345 g/mol. The number of anilines is 1. The molecule has 8 heteroatoms. The van der Waals surface area contributed by atoms with E-state index in [0.29, 0.717) is 30.6 Å². The lowest BCUT2D eigenvalue weighted by atomic mass is 10.2. The van der Waals surface area contributed by atoms with Gasteiger partial charge in [0.1, 0.15) is 5.82 Å². The highest BCUT2D eigenvalue weighted by Gasteiger charge is 2.23. The molecule has 2 heterocycles. The maximum absolute atomic E-state index is 12.3. The zero-order valence-corrected chi connectivity index (χ0v) is 14.5. The van der Waals surface area contributed by atoms with Gasteiger partial charge in [0.05, 0.1) is 5.52 Å².